The van der Waals surface area contributed by atoms with E-state index in [1.54, 1.807) is 24.2 Å². The van der Waals surface area contributed by atoms with Gasteiger partial charge in [0.15, 0.2) is 5.65 Å². The van der Waals surface area contributed by atoms with Crippen LogP contribution in [-0.2, 0) is 20.0 Å². The second-order valence-electron chi connectivity index (χ2n) is 4.86. The fourth-order valence-corrected chi connectivity index (χ4v) is 2.45. The Kier molecular flexibility index (Phi) is 3.86. The molecule has 0 aliphatic rings. The fraction of sp³-hybridized carbons (Fsp3) is 0.333. The van der Waals surface area contributed by atoms with Crippen molar-refractivity contribution in [3.05, 3.63) is 35.8 Å². The van der Waals surface area contributed by atoms with E-state index in [1.807, 2.05) is 19.2 Å². The molecule has 0 aliphatic heterocycles. The summed E-state index contributed by atoms with van der Waals surface area (Å²) < 4.78 is 7.19. The Morgan fingerprint density at radius 3 is 2.82 bits per heavy atom. The predicted octanol–water partition coefficient (Wildman–Crippen LogP) is 1.94. The number of anilines is 1. The van der Waals surface area contributed by atoms with Crippen molar-refractivity contribution < 1.29 is 4.74 Å². The number of hydrogen-bond acceptors (Lipinski definition) is 6. The van der Waals surface area contributed by atoms with Gasteiger partial charge in [-0.25, -0.2) is 14.6 Å². The average Bonchev–Trinajstić information content (AvgIpc) is 2.87. The molecular formula is C15H18N6O. The minimum Gasteiger partial charge on any atom is -0.481 e. The lowest BCUT2D eigenvalue weighted by Crippen LogP contribution is -2.05. The van der Waals surface area contributed by atoms with Crippen molar-refractivity contribution >= 4 is 17.0 Å². The standard InChI is InChI=1S/C15H18N6O/c1-4-11-10(15(22-3)21(2)20-11)9-18-13-6-5-12-14(19-13)17-8-7-16-12/h5-8H,4,9H2,1-3H3,(H,17,18,19). The molecule has 0 unspecified atom stereocenters. The van der Waals surface area contributed by atoms with E-state index in [1.165, 1.54) is 0 Å². The molecule has 3 aromatic rings. The Morgan fingerprint density at radius 1 is 1.23 bits per heavy atom. The molecule has 3 rings (SSSR count). The molecule has 0 saturated carbocycles. The van der Waals surface area contributed by atoms with Crippen molar-refractivity contribution in [1.82, 2.24) is 24.7 Å². The van der Waals surface area contributed by atoms with E-state index in [0.717, 1.165) is 34.9 Å². The molecule has 0 radical (unpaired) electrons. The van der Waals surface area contributed by atoms with Crippen molar-refractivity contribution in [3.8, 4) is 5.88 Å². The number of nitrogens with one attached hydrogen (secondary N) is 1. The highest BCUT2D eigenvalue weighted by molar-refractivity contribution is 5.71. The molecule has 7 heteroatoms. The van der Waals surface area contributed by atoms with Gasteiger partial charge in [-0.1, -0.05) is 6.92 Å². The molecule has 1 N–H and O–H groups in total. The fourth-order valence-electron chi connectivity index (χ4n) is 2.45. The Morgan fingerprint density at radius 2 is 2.05 bits per heavy atom. The maximum Gasteiger partial charge on any atom is 0.216 e. The second kappa shape index (κ2) is 5.97. The first kappa shape index (κ1) is 14.2. The van der Waals surface area contributed by atoms with Gasteiger partial charge in [0.05, 0.1) is 18.4 Å². The van der Waals surface area contributed by atoms with Gasteiger partial charge in [0, 0.05) is 26.0 Å². The largest absolute Gasteiger partial charge is 0.481 e. The lowest BCUT2D eigenvalue weighted by Gasteiger charge is -2.08. The summed E-state index contributed by atoms with van der Waals surface area (Å²) in [5.74, 6) is 1.52. The maximum absolute atomic E-state index is 5.43. The van der Waals surface area contributed by atoms with E-state index in [-0.39, 0.29) is 0 Å². The van der Waals surface area contributed by atoms with Crippen LogP contribution in [0.2, 0.25) is 0 Å². The Labute approximate surface area is 128 Å². The maximum atomic E-state index is 5.43. The Hall–Kier alpha value is -2.70. The second-order valence-corrected chi connectivity index (χ2v) is 4.86. The van der Waals surface area contributed by atoms with Crippen LogP contribution in [0.15, 0.2) is 24.5 Å². The van der Waals surface area contributed by atoms with Crippen LogP contribution in [0.3, 0.4) is 0 Å². The molecule has 114 valence electrons. The zero-order valence-electron chi connectivity index (χ0n) is 12.9. The molecule has 0 aliphatic carbocycles. The van der Waals surface area contributed by atoms with Crippen molar-refractivity contribution in [2.24, 2.45) is 7.05 Å². The summed E-state index contributed by atoms with van der Waals surface area (Å²) in [7, 11) is 3.54. The summed E-state index contributed by atoms with van der Waals surface area (Å²) >= 11 is 0. The first-order chi connectivity index (χ1) is 10.7. The third-order valence-electron chi connectivity index (χ3n) is 3.48. The molecule has 3 heterocycles. The van der Waals surface area contributed by atoms with Gasteiger partial charge in [-0.15, -0.1) is 0 Å². The lowest BCUT2D eigenvalue weighted by atomic mass is 10.2. The van der Waals surface area contributed by atoms with Crippen LogP contribution >= 0.6 is 0 Å². The summed E-state index contributed by atoms with van der Waals surface area (Å²) in [6, 6.07) is 3.80. The van der Waals surface area contributed by atoms with Gasteiger partial charge in [-0.3, -0.25) is 4.98 Å². The number of pyridine rings is 1. The smallest absolute Gasteiger partial charge is 0.216 e. The predicted molar refractivity (Wildman–Crippen MR) is 83.8 cm³/mol. The van der Waals surface area contributed by atoms with Gasteiger partial charge in [-0.05, 0) is 18.6 Å². The topological polar surface area (TPSA) is 77.8 Å². The normalized spacial score (nSPS) is 10.9. The molecular weight excluding hydrogens is 280 g/mol. The molecule has 0 spiro atoms. The molecule has 3 aromatic heterocycles. The number of methoxy groups -OCH3 is 1. The van der Waals surface area contributed by atoms with Gasteiger partial charge in [-0.2, -0.15) is 5.10 Å². The first-order valence-electron chi connectivity index (χ1n) is 7.13. The highest BCUT2D eigenvalue weighted by Crippen LogP contribution is 2.23. The average molecular weight is 298 g/mol. The zero-order valence-corrected chi connectivity index (χ0v) is 12.9. The van der Waals surface area contributed by atoms with Crippen LogP contribution in [-0.4, -0.2) is 31.8 Å². The number of nitrogens with zero attached hydrogens (tertiary/aromatic N) is 5. The zero-order chi connectivity index (χ0) is 15.5. The monoisotopic (exact) mass is 298 g/mol. The van der Waals surface area contributed by atoms with Crippen LogP contribution in [0.25, 0.3) is 11.2 Å². The molecule has 22 heavy (non-hydrogen) atoms. The van der Waals surface area contributed by atoms with Crippen LogP contribution in [0.4, 0.5) is 5.82 Å². The van der Waals surface area contributed by atoms with Crippen LogP contribution < -0.4 is 10.1 Å². The third-order valence-corrected chi connectivity index (χ3v) is 3.48. The van der Waals surface area contributed by atoms with Crippen molar-refractivity contribution in [2.75, 3.05) is 12.4 Å². The number of ether oxygens (including phenoxy) is 1. The Balaban J connectivity index is 1.84. The van der Waals surface area contributed by atoms with Crippen LogP contribution in [0, 0.1) is 0 Å². The van der Waals surface area contributed by atoms with Crippen molar-refractivity contribution in [3.63, 3.8) is 0 Å². The lowest BCUT2D eigenvalue weighted by molar-refractivity contribution is 0.369. The van der Waals surface area contributed by atoms with E-state index >= 15 is 0 Å². The van der Waals surface area contributed by atoms with E-state index in [4.69, 9.17) is 4.74 Å². The number of aryl methyl sites for hydroxylation is 2. The Bertz CT molecular complexity index is 798. The summed E-state index contributed by atoms with van der Waals surface area (Å²) in [4.78, 5) is 12.9. The number of hydrogen-bond donors (Lipinski definition) is 1. The van der Waals surface area contributed by atoms with Gasteiger partial charge in [0.2, 0.25) is 5.88 Å². The highest BCUT2D eigenvalue weighted by Gasteiger charge is 2.15. The van der Waals surface area contributed by atoms with Gasteiger partial charge >= 0.3 is 0 Å². The van der Waals surface area contributed by atoms with E-state index in [0.29, 0.717) is 12.2 Å². The van der Waals surface area contributed by atoms with E-state index in [9.17, 15) is 0 Å². The van der Waals surface area contributed by atoms with Crippen LogP contribution in [0.1, 0.15) is 18.2 Å². The van der Waals surface area contributed by atoms with Gasteiger partial charge in [0.1, 0.15) is 11.3 Å². The molecule has 0 fully saturated rings. The molecule has 0 amide bonds. The summed E-state index contributed by atoms with van der Waals surface area (Å²) in [5, 5.41) is 7.77. The van der Waals surface area contributed by atoms with Crippen molar-refractivity contribution in [1.29, 1.82) is 0 Å². The molecule has 0 atom stereocenters. The third kappa shape index (κ3) is 2.57. The molecule has 7 nitrogen and oxygen atoms in total. The minimum absolute atomic E-state index is 0.596. The summed E-state index contributed by atoms with van der Waals surface area (Å²) in [5.41, 5.74) is 3.48. The molecule has 0 saturated heterocycles. The minimum atomic E-state index is 0.596. The van der Waals surface area contributed by atoms with Gasteiger partial charge < -0.3 is 10.1 Å². The molecule has 0 bridgehead atoms. The van der Waals surface area contributed by atoms with E-state index in [2.05, 4.69) is 32.3 Å². The highest BCUT2D eigenvalue weighted by atomic mass is 16.5. The summed E-state index contributed by atoms with van der Waals surface area (Å²) in [6.45, 7) is 2.67. The van der Waals surface area contributed by atoms with Gasteiger partial charge in [0.25, 0.3) is 0 Å². The van der Waals surface area contributed by atoms with Crippen LogP contribution in [0.5, 0.6) is 5.88 Å². The van der Waals surface area contributed by atoms with Crippen molar-refractivity contribution in [2.45, 2.75) is 19.9 Å². The first-order valence-corrected chi connectivity index (χ1v) is 7.13. The number of aromatic nitrogens is 5. The molecule has 0 aromatic carbocycles. The SMILES string of the molecule is CCc1nn(C)c(OC)c1CNc1ccc2nccnc2n1. The number of rotatable bonds is 5. The quantitative estimate of drug-likeness (QED) is 0.775. The number of fused-ring (bicyclic) bond motifs is 1. The summed E-state index contributed by atoms with van der Waals surface area (Å²) in [6.07, 6.45) is 4.15. The van der Waals surface area contributed by atoms with E-state index < -0.39 is 0 Å².